The summed E-state index contributed by atoms with van der Waals surface area (Å²) < 4.78 is 28.4. The van der Waals surface area contributed by atoms with Crippen LogP contribution in [-0.4, -0.2) is 21.0 Å². The highest BCUT2D eigenvalue weighted by Crippen LogP contribution is 2.53. The van der Waals surface area contributed by atoms with E-state index in [-0.39, 0.29) is 18.8 Å². The number of benzene rings is 2. The van der Waals surface area contributed by atoms with Crippen LogP contribution in [0.4, 0.5) is 0 Å². The van der Waals surface area contributed by atoms with Crippen LogP contribution in [0, 0.1) is 0 Å². The molecular formula is C21H22O5. The minimum Gasteiger partial charge on any atom is -0.493 e. The van der Waals surface area contributed by atoms with Crippen LogP contribution in [-0.2, 0) is 0 Å². The highest BCUT2D eigenvalue weighted by molar-refractivity contribution is 5.63. The maximum absolute atomic E-state index is 6.32. The van der Waals surface area contributed by atoms with Gasteiger partial charge >= 0.3 is 0 Å². The largest absolute Gasteiger partial charge is 0.493 e. The molecule has 0 saturated carbocycles. The van der Waals surface area contributed by atoms with Crippen molar-refractivity contribution >= 4 is 6.08 Å². The van der Waals surface area contributed by atoms with Gasteiger partial charge in [0, 0.05) is 17.0 Å². The molecule has 0 aromatic heterocycles. The van der Waals surface area contributed by atoms with Crippen LogP contribution < -0.4 is 23.7 Å². The number of fused-ring (bicyclic) bond motifs is 2. The Labute approximate surface area is 153 Å². The molecule has 4 rings (SSSR count). The number of rotatable bonds is 4. The zero-order valence-electron chi connectivity index (χ0n) is 15.4. The van der Waals surface area contributed by atoms with Gasteiger partial charge in [-0.1, -0.05) is 19.1 Å². The fourth-order valence-electron chi connectivity index (χ4n) is 3.61. The highest BCUT2D eigenvalue weighted by atomic mass is 16.7. The van der Waals surface area contributed by atoms with Crippen molar-refractivity contribution in [2.75, 3.05) is 21.0 Å². The van der Waals surface area contributed by atoms with Gasteiger partial charge in [0.2, 0.25) is 12.5 Å². The molecular weight excluding hydrogens is 332 g/mol. The van der Waals surface area contributed by atoms with Crippen molar-refractivity contribution in [3.63, 3.8) is 0 Å². The van der Waals surface area contributed by atoms with Crippen molar-refractivity contribution in [2.45, 2.75) is 25.9 Å². The minimum atomic E-state index is -0.150. The van der Waals surface area contributed by atoms with Crippen LogP contribution in [0.25, 0.3) is 6.08 Å². The van der Waals surface area contributed by atoms with Gasteiger partial charge in [-0.25, -0.2) is 0 Å². The summed E-state index contributed by atoms with van der Waals surface area (Å²) in [5.41, 5.74) is 3.23. The lowest BCUT2D eigenvalue weighted by atomic mass is 9.91. The monoisotopic (exact) mass is 354 g/mol. The molecule has 2 aliphatic rings. The fourth-order valence-corrected chi connectivity index (χ4v) is 3.61. The molecule has 2 heterocycles. The molecule has 0 bridgehead atoms. The Morgan fingerprint density at radius 2 is 1.77 bits per heavy atom. The second kappa shape index (κ2) is 6.48. The fraction of sp³-hybridized carbons (Fsp3) is 0.333. The third-order valence-electron chi connectivity index (χ3n) is 4.88. The number of methoxy groups -OCH3 is 2. The van der Waals surface area contributed by atoms with Gasteiger partial charge in [0.25, 0.3) is 0 Å². The third-order valence-corrected chi connectivity index (χ3v) is 4.88. The minimum absolute atomic E-state index is 0.150. The summed E-state index contributed by atoms with van der Waals surface area (Å²) in [7, 11) is 3.29. The number of ether oxygens (including phenoxy) is 5. The SMILES string of the molecule is C/C=C/c1cc(OC)c2c(c1)[C@@H](C)[C@H](c1cc(OC)c3c(c1)OCO3)O2. The van der Waals surface area contributed by atoms with Gasteiger partial charge < -0.3 is 23.7 Å². The zero-order chi connectivity index (χ0) is 18.3. The molecule has 0 N–H and O–H groups in total. The standard InChI is InChI=1S/C21H22O5/c1-5-6-13-7-15-12(2)19(26-20(15)16(8-13)22-3)14-9-17(23-4)21-18(10-14)24-11-25-21/h5-10,12,19H,11H2,1-4H3/b6-5+/t12-,19-/m1/s1. The topological polar surface area (TPSA) is 46.2 Å². The second-order valence-electron chi connectivity index (χ2n) is 6.43. The predicted molar refractivity (Wildman–Crippen MR) is 98.6 cm³/mol. The van der Waals surface area contributed by atoms with Crippen molar-refractivity contribution in [3.05, 3.63) is 47.0 Å². The molecule has 0 amide bonds. The predicted octanol–water partition coefficient (Wildman–Crippen LogP) is 4.70. The molecule has 2 aliphatic heterocycles. The van der Waals surface area contributed by atoms with Crippen molar-refractivity contribution in [1.29, 1.82) is 0 Å². The smallest absolute Gasteiger partial charge is 0.231 e. The first-order valence-corrected chi connectivity index (χ1v) is 8.65. The van der Waals surface area contributed by atoms with Crippen molar-refractivity contribution < 1.29 is 23.7 Å². The average Bonchev–Trinajstić information content (AvgIpc) is 3.25. The van der Waals surface area contributed by atoms with E-state index in [4.69, 9.17) is 23.7 Å². The first-order valence-electron chi connectivity index (χ1n) is 8.65. The van der Waals surface area contributed by atoms with E-state index in [0.29, 0.717) is 17.2 Å². The maximum atomic E-state index is 6.32. The van der Waals surface area contributed by atoms with Crippen LogP contribution in [0.5, 0.6) is 28.7 Å². The van der Waals surface area contributed by atoms with Crippen LogP contribution in [0.2, 0.25) is 0 Å². The molecule has 136 valence electrons. The Morgan fingerprint density at radius 3 is 2.50 bits per heavy atom. The van der Waals surface area contributed by atoms with Crippen molar-refractivity contribution in [2.24, 2.45) is 0 Å². The summed E-state index contributed by atoms with van der Waals surface area (Å²) in [5, 5.41) is 0. The summed E-state index contributed by atoms with van der Waals surface area (Å²) in [6.07, 6.45) is 3.93. The first kappa shape index (κ1) is 16.6. The van der Waals surface area contributed by atoms with Gasteiger partial charge in [0.1, 0.15) is 6.10 Å². The van der Waals surface area contributed by atoms with Gasteiger partial charge in [0.05, 0.1) is 14.2 Å². The van der Waals surface area contributed by atoms with Crippen LogP contribution in [0.3, 0.4) is 0 Å². The van der Waals surface area contributed by atoms with Gasteiger partial charge in [0.15, 0.2) is 23.0 Å². The maximum Gasteiger partial charge on any atom is 0.231 e. The van der Waals surface area contributed by atoms with Crippen molar-refractivity contribution in [3.8, 4) is 28.7 Å². The van der Waals surface area contributed by atoms with Gasteiger partial charge in [-0.05, 0) is 36.8 Å². The molecule has 2 aromatic carbocycles. The molecule has 5 heteroatoms. The molecule has 2 atom stereocenters. The molecule has 5 nitrogen and oxygen atoms in total. The summed E-state index contributed by atoms with van der Waals surface area (Å²) in [6.45, 7) is 4.37. The van der Waals surface area contributed by atoms with Gasteiger partial charge in [-0.3, -0.25) is 0 Å². The molecule has 0 saturated heterocycles. The lowest BCUT2D eigenvalue weighted by molar-refractivity contribution is 0.171. The van der Waals surface area contributed by atoms with E-state index in [1.807, 2.05) is 31.2 Å². The van der Waals surface area contributed by atoms with Crippen LogP contribution in [0.1, 0.15) is 42.6 Å². The molecule has 26 heavy (non-hydrogen) atoms. The quantitative estimate of drug-likeness (QED) is 0.796. The Bertz CT molecular complexity index is 871. The number of allylic oxidation sites excluding steroid dienone is 1. The van der Waals surface area contributed by atoms with E-state index in [0.717, 1.165) is 28.2 Å². The van der Waals surface area contributed by atoms with E-state index in [9.17, 15) is 0 Å². The second-order valence-corrected chi connectivity index (χ2v) is 6.43. The average molecular weight is 354 g/mol. The Morgan fingerprint density at radius 1 is 1.00 bits per heavy atom. The number of hydrogen-bond acceptors (Lipinski definition) is 5. The molecule has 0 unspecified atom stereocenters. The van der Waals surface area contributed by atoms with E-state index in [2.05, 4.69) is 19.1 Å². The van der Waals surface area contributed by atoms with Crippen LogP contribution >= 0.6 is 0 Å². The van der Waals surface area contributed by atoms with E-state index < -0.39 is 0 Å². The summed E-state index contributed by atoms with van der Waals surface area (Å²) in [6, 6.07) is 8.08. The molecule has 0 spiro atoms. The normalized spacial score (nSPS) is 20.2. The number of hydrogen-bond donors (Lipinski definition) is 0. The Balaban J connectivity index is 1.76. The lowest BCUT2D eigenvalue weighted by Gasteiger charge is -2.17. The van der Waals surface area contributed by atoms with E-state index >= 15 is 0 Å². The first-order chi connectivity index (χ1) is 12.7. The highest BCUT2D eigenvalue weighted by Gasteiger charge is 2.36. The summed E-state index contributed by atoms with van der Waals surface area (Å²) in [4.78, 5) is 0. The third kappa shape index (κ3) is 2.55. The van der Waals surface area contributed by atoms with Gasteiger partial charge in [-0.15, -0.1) is 0 Å². The summed E-state index contributed by atoms with van der Waals surface area (Å²) >= 11 is 0. The van der Waals surface area contributed by atoms with Gasteiger partial charge in [-0.2, -0.15) is 0 Å². The Kier molecular flexibility index (Phi) is 4.15. The van der Waals surface area contributed by atoms with Crippen molar-refractivity contribution in [1.82, 2.24) is 0 Å². The molecule has 2 aromatic rings. The summed E-state index contributed by atoms with van der Waals surface area (Å²) in [5.74, 6) is 3.70. The molecule has 0 fully saturated rings. The van der Waals surface area contributed by atoms with E-state index in [1.54, 1.807) is 14.2 Å². The molecule has 0 radical (unpaired) electrons. The zero-order valence-corrected chi connectivity index (χ0v) is 15.4. The molecule has 0 aliphatic carbocycles. The Hall–Kier alpha value is -2.82. The van der Waals surface area contributed by atoms with E-state index in [1.165, 1.54) is 0 Å². The lowest BCUT2D eigenvalue weighted by Crippen LogP contribution is -2.07. The van der Waals surface area contributed by atoms with Crippen LogP contribution in [0.15, 0.2) is 30.3 Å².